The van der Waals surface area contributed by atoms with Crippen molar-refractivity contribution in [2.75, 3.05) is 14.7 Å². The van der Waals surface area contributed by atoms with Gasteiger partial charge in [-0.15, -0.1) is 0 Å². The molecular weight excluding hydrogens is 1100 g/mol. The molecule has 0 bridgehead atoms. The van der Waals surface area contributed by atoms with Gasteiger partial charge in [-0.05, 0) is 137 Å². The highest BCUT2D eigenvalue weighted by Crippen LogP contribution is 2.67. The molecule has 0 saturated heterocycles. The lowest BCUT2D eigenvalue weighted by molar-refractivity contribution is 0.590. The van der Waals surface area contributed by atoms with Gasteiger partial charge in [-0.3, -0.25) is 0 Å². The first-order valence-corrected chi connectivity index (χ1v) is 32.1. The highest BCUT2D eigenvalue weighted by atomic mass is 15.3. The van der Waals surface area contributed by atoms with Crippen molar-refractivity contribution in [1.29, 1.82) is 0 Å². The van der Waals surface area contributed by atoms with Crippen LogP contribution in [0.15, 0.2) is 303 Å². The zero-order valence-corrected chi connectivity index (χ0v) is 52.5. The number of hydrogen-bond donors (Lipinski definition) is 0. The number of para-hydroxylation sites is 2. The molecule has 0 atom stereocenters. The Balaban J connectivity index is 1.09. The van der Waals surface area contributed by atoms with Crippen LogP contribution in [0.4, 0.5) is 51.2 Å². The van der Waals surface area contributed by atoms with Crippen LogP contribution in [0.1, 0.15) is 86.4 Å². The van der Waals surface area contributed by atoms with E-state index in [0.717, 1.165) is 113 Å². The van der Waals surface area contributed by atoms with E-state index in [-0.39, 0.29) is 16.7 Å². The fourth-order valence-electron chi connectivity index (χ4n) is 14.6. The lowest BCUT2D eigenvalue weighted by Crippen LogP contribution is -2.31. The minimum Gasteiger partial charge on any atom is -0.305 e. The molecule has 0 N–H and O–H groups in total. The summed E-state index contributed by atoms with van der Waals surface area (Å²) in [5.41, 5.74) is 32.9. The van der Waals surface area contributed by atoms with E-state index in [1.165, 1.54) is 50.1 Å². The molecular formula is C88H71N3. The number of anilines is 9. The topological polar surface area (TPSA) is 9.72 Å². The van der Waals surface area contributed by atoms with Crippen molar-refractivity contribution in [2.24, 2.45) is 0 Å². The molecule has 0 radical (unpaired) electrons. The van der Waals surface area contributed by atoms with Crippen molar-refractivity contribution in [3.63, 3.8) is 0 Å². The summed E-state index contributed by atoms with van der Waals surface area (Å²) >= 11 is 0. The highest BCUT2D eigenvalue weighted by Gasteiger charge is 2.43. The predicted octanol–water partition coefficient (Wildman–Crippen LogP) is 24.4. The third-order valence-electron chi connectivity index (χ3n) is 19.2. The molecule has 13 aromatic rings. The van der Waals surface area contributed by atoms with Crippen LogP contribution in [-0.2, 0) is 17.3 Å². The first-order valence-electron chi connectivity index (χ1n) is 32.1. The Hall–Kier alpha value is -10.7. The Morgan fingerprint density at radius 1 is 0.253 bits per heavy atom. The van der Waals surface area contributed by atoms with Crippen LogP contribution in [0, 0.1) is 0 Å². The van der Waals surface area contributed by atoms with Gasteiger partial charge in [0.2, 0.25) is 0 Å². The zero-order chi connectivity index (χ0) is 61.5. The van der Waals surface area contributed by atoms with E-state index in [1.54, 1.807) is 0 Å². The van der Waals surface area contributed by atoms with Gasteiger partial charge < -0.3 is 14.7 Å². The Bertz CT molecular complexity index is 4480. The minimum absolute atomic E-state index is 0.00585. The lowest BCUT2D eigenvalue weighted by Gasteiger charge is -2.49. The summed E-state index contributed by atoms with van der Waals surface area (Å²) in [6, 6.07) is 115. The molecule has 16 rings (SSSR count). The van der Waals surface area contributed by atoms with Crippen molar-refractivity contribution in [1.82, 2.24) is 0 Å². The third kappa shape index (κ3) is 9.66. The highest BCUT2D eigenvalue weighted by molar-refractivity contribution is 6.17. The van der Waals surface area contributed by atoms with E-state index in [0.29, 0.717) is 0 Å². The summed E-state index contributed by atoms with van der Waals surface area (Å²) in [6.07, 6.45) is 0.881. The van der Waals surface area contributed by atoms with E-state index in [9.17, 15) is 0 Å². The average molecular weight is 1170 g/mol. The number of benzene rings is 13. The van der Waals surface area contributed by atoms with Crippen molar-refractivity contribution < 1.29 is 0 Å². The molecule has 0 spiro atoms. The van der Waals surface area contributed by atoms with Gasteiger partial charge >= 0.3 is 0 Å². The van der Waals surface area contributed by atoms with E-state index in [2.05, 4.69) is 360 Å². The average Bonchev–Trinajstić information content (AvgIpc) is 0.691. The SMILES string of the molecule is CC(C)(C)c1ccc(-c2ccc3c(c2)N2c4cc(-c5ccc(C(C)(C)C)cc5)ccc4N(c4c(-c5ccccc5)cccc4-c4ccccc4)c4cc(C5c6ccccc6Cc6ccccc65)cc(c42)N3c2c(-c3ccccc3)cccc2-c2ccccc2)cc1. The van der Waals surface area contributed by atoms with E-state index in [4.69, 9.17) is 0 Å². The van der Waals surface area contributed by atoms with Crippen LogP contribution in [0.3, 0.4) is 0 Å². The third-order valence-corrected chi connectivity index (χ3v) is 19.2. The second kappa shape index (κ2) is 22.1. The Kier molecular flexibility index (Phi) is 13.5. The Labute approximate surface area is 536 Å². The monoisotopic (exact) mass is 1170 g/mol. The van der Waals surface area contributed by atoms with Crippen LogP contribution in [-0.4, -0.2) is 0 Å². The molecule has 3 heteroatoms. The number of hydrogen-bond acceptors (Lipinski definition) is 3. The van der Waals surface area contributed by atoms with Crippen molar-refractivity contribution in [2.45, 2.75) is 64.7 Å². The van der Waals surface area contributed by atoms with Crippen molar-refractivity contribution in [3.05, 3.63) is 342 Å². The summed E-state index contributed by atoms with van der Waals surface area (Å²) in [5, 5.41) is 0. The van der Waals surface area contributed by atoms with E-state index < -0.39 is 0 Å². The molecule has 0 saturated carbocycles. The molecule has 1 aliphatic carbocycles. The maximum absolute atomic E-state index is 2.66. The van der Waals surface area contributed by atoms with Gasteiger partial charge in [0.05, 0.1) is 51.2 Å². The van der Waals surface area contributed by atoms with Gasteiger partial charge in [-0.1, -0.05) is 308 Å². The zero-order valence-electron chi connectivity index (χ0n) is 52.5. The largest absolute Gasteiger partial charge is 0.305 e. The van der Waals surface area contributed by atoms with Crippen LogP contribution in [0.2, 0.25) is 0 Å². The second-order valence-electron chi connectivity index (χ2n) is 26.9. The Morgan fingerprint density at radius 2 is 0.571 bits per heavy atom. The summed E-state index contributed by atoms with van der Waals surface area (Å²) in [6.45, 7) is 13.8. The van der Waals surface area contributed by atoms with Crippen molar-refractivity contribution in [3.8, 4) is 66.8 Å². The molecule has 0 unspecified atom stereocenters. The fraction of sp³-hybridized carbons (Fsp3) is 0.114. The Morgan fingerprint density at radius 3 is 0.923 bits per heavy atom. The maximum atomic E-state index is 2.66. The lowest BCUT2D eigenvalue weighted by atomic mass is 9.74. The van der Waals surface area contributed by atoms with E-state index >= 15 is 0 Å². The number of rotatable bonds is 9. The number of fused-ring (bicyclic) bond motifs is 6. The second-order valence-corrected chi connectivity index (χ2v) is 26.9. The van der Waals surface area contributed by atoms with Gasteiger partial charge in [0, 0.05) is 28.2 Å². The van der Waals surface area contributed by atoms with Gasteiger partial charge in [-0.2, -0.15) is 0 Å². The van der Waals surface area contributed by atoms with Gasteiger partial charge in [0.15, 0.2) is 0 Å². The minimum atomic E-state index is -0.0875. The summed E-state index contributed by atoms with van der Waals surface area (Å²) in [5.74, 6) is -0.0875. The summed E-state index contributed by atoms with van der Waals surface area (Å²) in [7, 11) is 0. The first-order chi connectivity index (χ1) is 44.4. The van der Waals surface area contributed by atoms with Gasteiger partial charge in [0.1, 0.15) is 0 Å². The molecule has 13 aromatic carbocycles. The van der Waals surface area contributed by atoms with Crippen LogP contribution in [0.5, 0.6) is 0 Å². The molecule has 91 heavy (non-hydrogen) atoms. The first kappa shape index (κ1) is 55.6. The van der Waals surface area contributed by atoms with Crippen LogP contribution >= 0.6 is 0 Å². The molecule has 0 amide bonds. The molecule has 3 aliphatic rings. The summed E-state index contributed by atoms with van der Waals surface area (Å²) in [4.78, 5) is 7.96. The molecule has 0 aromatic heterocycles. The van der Waals surface area contributed by atoms with Crippen LogP contribution < -0.4 is 14.7 Å². The quantitative estimate of drug-likeness (QED) is 0.143. The van der Waals surface area contributed by atoms with Crippen molar-refractivity contribution >= 4 is 51.2 Å². The smallest absolute Gasteiger partial charge is 0.0948 e. The van der Waals surface area contributed by atoms with E-state index in [1.807, 2.05) is 0 Å². The van der Waals surface area contributed by atoms with Gasteiger partial charge in [-0.25, -0.2) is 0 Å². The molecule has 3 nitrogen and oxygen atoms in total. The molecule has 438 valence electrons. The number of nitrogens with zero attached hydrogens (tertiary/aromatic N) is 3. The standard InChI is InChI=1S/C88H71N3/c1-87(2,3)69-47-41-58(42-48-69)64-45-51-77-79(54-64)91-80-55-65(59-43-49-70(50-44-59)88(4,5)6)46-52-78(80)90(85-75(62-29-15-9-16-30-62)39-24-40-76(85)63-31-17-10-18-32-63)82-57-68(83-71-35-21-19-33-66(71)53-67-34-20-22-36-72(67)83)56-81(86(82)91)89(77)84-73(60-25-11-7-12-26-60)37-23-38-74(84)61-27-13-8-14-28-61/h7-52,54-57,83H,53H2,1-6H3. The normalized spacial score (nSPS) is 13.2. The summed E-state index contributed by atoms with van der Waals surface area (Å²) < 4.78 is 0. The fourth-order valence-corrected chi connectivity index (χ4v) is 14.6. The maximum Gasteiger partial charge on any atom is 0.0948 e. The molecule has 2 heterocycles. The molecule has 0 fully saturated rings. The van der Waals surface area contributed by atoms with Gasteiger partial charge in [0.25, 0.3) is 0 Å². The predicted molar refractivity (Wildman–Crippen MR) is 384 cm³/mol. The molecule has 2 aliphatic heterocycles. The van der Waals surface area contributed by atoms with Crippen LogP contribution in [0.25, 0.3) is 66.8 Å².